The van der Waals surface area contributed by atoms with E-state index in [9.17, 15) is 17.6 Å². The van der Waals surface area contributed by atoms with Gasteiger partial charge in [-0.1, -0.05) is 158 Å². The number of aromatic nitrogens is 3. The summed E-state index contributed by atoms with van der Waals surface area (Å²) < 4.78 is 63.6. The minimum atomic E-state index is -0.841. The molecule has 0 atom stereocenters. The number of fused-ring (bicyclic) bond motifs is 3. The quantitative estimate of drug-likeness (QED) is 0.112. The predicted molar refractivity (Wildman–Crippen MR) is 270 cm³/mol. The Balaban J connectivity index is 0.000000194. The summed E-state index contributed by atoms with van der Waals surface area (Å²) in [5.41, 5.74) is 16.1. The number of furan rings is 1. The first-order valence-corrected chi connectivity index (χ1v) is 22.9. The van der Waals surface area contributed by atoms with Crippen molar-refractivity contribution in [2.45, 2.75) is 67.2 Å². The van der Waals surface area contributed by atoms with E-state index in [2.05, 4.69) is 137 Å². The molecule has 0 amide bonds. The topological polar surface area (TPSA) is 51.8 Å². The van der Waals surface area contributed by atoms with Crippen molar-refractivity contribution in [1.82, 2.24) is 15.0 Å². The number of aryl methyl sites for hydroxylation is 4. The van der Waals surface area contributed by atoms with Crippen LogP contribution in [0.3, 0.4) is 0 Å². The van der Waals surface area contributed by atoms with E-state index in [4.69, 9.17) is 4.42 Å². The zero-order valence-electron chi connectivity index (χ0n) is 40.0. The minimum Gasteiger partial charge on any atom is -0.491 e. The van der Waals surface area contributed by atoms with Gasteiger partial charge in [0.2, 0.25) is 0 Å². The van der Waals surface area contributed by atoms with E-state index >= 15 is 0 Å². The maximum absolute atomic E-state index is 14.9. The Bertz CT molecular complexity index is 3470. The molecule has 4 heterocycles. The summed E-state index contributed by atoms with van der Waals surface area (Å²) >= 11 is 0. The van der Waals surface area contributed by atoms with Crippen LogP contribution in [0.4, 0.5) is 17.6 Å². The van der Waals surface area contributed by atoms with Gasteiger partial charge in [0.25, 0.3) is 0 Å². The van der Waals surface area contributed by atoms with Crippen LogP contribution in [0.1, 0.15) is 72.9 Å². The number of benzene rings is 6. The molecule has 0 bridgehead atoms. The first-order chi connectivity index (χ1) is 33.1. The van der Waals surface area contributed by atoms with Crippen LogP contribution in [0, 0.1) is 69.2 Å². The zero-order valence-corrected chi connectivity index (χ0v) is 42.3. The molecule has 350 valence electrons. The van der Waals surface area contributed by atoms with Crippen molar-refractivity contribution in [3.05, 3.63) is 209 Å². The van der Waals surface area contributed by atoms with E-state index in [-0.39, 0.29) is 54.5 Å². The molecule has 4 aromatic heterocycles. The fourth-order valence-electron chi connectivity index (χ4n) is 8.56. The number of para-hydroxylation sites is 1. The van der Waals surface area contributed by atoms with E-state index in [1.807, 2.05) is 48.8 Å². The summed E-state index contributed by atoms with van der Waals surface area (Å²) in [4.78, 5) is 13.9. The van der Waals surface area contributed by atoms with Gasteiger partial charge in [-0.25, -0.2) is 0 Å². The normalized spacial score (nSPS) is 11.3. The summed E-state index contributed by atoms with van der Waals surface area (Å²) in [6, 6.07) is 44.7. The molecule has 70 heavy (non-hydrogen) atoms. The van der Waals surface area contributed by atoms with Crippen LogP contribution in [0.5, 0.6) is 0 Å². The fourth-order valence-corrected chi connectivity index (χ4v) is 8.56. The molecule has 0 aliphatic rings. The third-order valence-corrected chi connectivity index (χ3v) is 12.6. The Morgan fingerprint density at radius 2 is 1.03 bits per heavy atom. The molecule has 10 aromatic rings. The maximum Gasteiger partial charge on any atom is 3.00 e. The van der Waals surface area contributed by atoms with Gasteiger partial charge in [0.15, 0.2) is 0 Å². The van der Waals surface area contributed by atoms with Crippen molar-refractivity contribution in [3.8, 4) is 67.3 Å². The zero-order chi connectivity index (χ0) is 48.7. The molecule has 9 heteroatoms. The standard InChI is InChI=1S/C35H27F4N.C26H21N2O.Ir/c1-20(2)29-14-23(22-8-6-5-7-9-22)15-30(21(3)4)35(29)24-16-33(27-12-10-25(36)18-31(27)38)40-34(17-24)28-13-11-26(37)19-32(28)39;1-15-9-23(27-13-17(15)3)19-11-21-20-7-5-6-8-25(20)29-26(21)22(12-19)24-10-16(2)18(4)14-28-24;/h5-11,14-21H,1-4H3;5-11,13-14H,1-4H3;/q-2;-1;+3. The molecule has 0 fully saturated rings. The Hall–Kier alpha value is -7.06. The SMILES string of the molecule is CC(C)c1cc(-c2ccccc2)cc(C(C)C)c1-c1cc(-c2[c-]cc(F)cc2F)nc(-c2[c-]cc(F)cc2F)c1.Cc1cnc(-c2[c-]c(-c3cc(C)c(C)cn3)c3oc4ccccc4c3c2)cc1C.[Ir+3]. The second-order valence-electron chi connectivity index (χ2n) is 18.1. The average Bonchev–Trinajstić information content (AvgIpc) is 3.71. The summed E-state index contributed by atoms with van der Waals surface area (Å²) in [6.45, 7) is 16.8. The van der Waals surface area contributed by atoms with Crippen LogP contribution in [0.2, 0.25) is 0 Å². The summed E-state index contributed by atoms with van der Waals surface area (Å²) in [7, 11) is 0. The summed E-state index contributed by atoms with van der Waals surface area (Å²) in [6.07, 6.45) is 3.83. The largest absolute Gasteiger partial charge is 3.00 e. The Kier molecular flexibility index (Phi) is 14.5. The maximum atomic E-state index is 14.9. The number of hydrogen-bond donors (Lipinski definition) is 0. The van der Waals surface area contributed by atoms with Crippen LogP contribution < -0.4 is 0 Å². The van der Waals surface area contributed by atoms with Crippen LogP contribution in [0.15, 0.2) is 138 Å². The number of rotatable bonds is 8. The third-order valence-electron chi connectivity index (χ3n) is 12.6. The molecule has 0 radical (unpaired) electrons. The first-order valence-electron chi connectivity index (χ1n) is 22.9. The molecule has 0 saturated carbocycles. The van der Waals surface area contributed by atoms with Gasteiger partial charge in [-0.15, -0.1) is 36.4 Å². The molecule has 0 aliphatic carbocycles. The fraction of sp³-hybridized carbons (Fsp3) is 0.164. The molecule has 4 nitrogen and oxygen atoms in total. The molecule has 10 rings (SSSR count). The number of hydrogen-bond acceptors (Lipinski definition) is 4. The molecule has 0 aliphatic heterocycles. The van der Waals surface area contributed by atoms with E-state index in [1.54, 1.807) is 12.1 Å². The average molecular weight is 1110 g/mol. The second-order valence-corrected chi connectivity index (χ2v) is 18.1. The van der Waals surface area contributed by atoms with Gasteiger partial charge in [-0.3, -0.25) is 27.5 Å². The monoisotopic (exact) mass is 1110 g/mol. The van der Waals surface area contributed by atoms with Gasteiger partial charge < -0.3 is 9.40 Å². The third kappa shape index (κ3) is 10.0. The van der Waals surface area contributed by atoms with Crippen molar-refractivity contribution < 1.29 is 42.1 Å². The van der Waals surface area contributed by atoms with Gasteiger partial charge in [-0.2, -0.15) is 0 Å². The van der Waals surface area contributed by atoms with E-state index in [1.165, 1.54) is 22.3 Å². The molecular formula is C61H48F4IrN3O. The number of pyridine rings is 3. The van der Waals surface area contributed by atoms with E-state index in [0.717, 1.165) is 96.5 Å². The van der Waals surface area contributed by atoms with Gasteiger partial charge in [0.05, 0.1) is 5.58 Å². The summed E-state index contributed by atoms with van der Waals surface area (Å²) in [5, 5.41) is 2.15. The van der Waals surface area contributed by atoms with E-state index < -0.39 is 23.3 Å². The van der Waals surface area contributed by atoms with Crippen molar-refractivity contribution >= 4 is 21.9 Å². The Morgan fingerprint density at radius 1 is 0.500 bits per heavy atom. The predicted octanol–water partition coefficient (Wildman–Crippen LogP) is 16.9. The molecule has 0 saturated heterocycles. The number of halogens is 4. The van der Waals surface area contributed by atoms with E-state index in [0.29, 0.717) is 5.56 Å². The smallest absolute Gasteiger partial charge is 0.491 e. The van der Waals surface area contributed by atoms with Gasteiger partial charge in [-0.05, 0) is 107 Å². The van der Waals surface area contributed by atoms with Crippen molar-refractivity contribution in [1.29, 1.82) is 0 Å². The van der Waals surface area contributed by atoms with Crippen LogP contribution in [-0.4, -0.2) is 15.0 Å². The molecular weight excluding hydrogens is 1060 g/mol. The second kappa shape index (κ2) is 20.5. The van der Waals surface area contributed by atoms with Crippen LogP contribution in [-0.2, 0) is 20.1 Å². The summed E-state index contributed by atoms with van der Waals surface area (Å²) in [5.74, 6) is -3.00. The van der Waals surface area contributed by atoms with Gasteiger partial charge in [0.1, 0.15) is 5.58 Å². The Morgan fingerprint density at radius 3 is 1.57 bits per heavy atom. The first kappa shape index (κ1) is 49.4. The van der Waals surface area contributed by atoms with Crippen LogP contribution >= 0.6 is 0 Å². The van der Waals surface area contributed by atoms with Crippen molar-refractivity contribution in [3.63, 3.8) is 0 Å². The number of nitrogens with zero attached hydrogens (tertiary/aromatic N) is 3. The molecule has 0 unspecified atom stereocenters. The molecule has 6 aromatic carbocycles. The van der Waals surface area contributed by atoms with Crippen LogP contribution in [0.25, 0.3) is 89.2 Å². The Labute approximate surface area is 419 Å². The van der Waals surface area contributed by atoms with Gasteiger partial charge in [0, 0.05) is 52.4 Å². The minimum absolute atomic E-state index is 0. The van der Waals surface area contributed by atoms with Crippen molar-refractivity contribution in [2.75, 3.05) is 0 Å². The van der Waals surface area contributed by atoms with Crippen molar-refractivity contribution in [2.24, 2.45) is 0 Å². The molecule has 0 N–H and O–H groups in total. The van der Waals surface area contributed by atoms with Gasteiger partial charge >= 0.3 is 20.1 Å². The molecule has 0 spiro atoms.